The molecule has 5 nitrogen and oxygen atoms in total. The molecule has 1 atom stereocenters. The number of hydrogen-bond acceptors (Lipinski definition) is 5. The molecule has 3 N–H and O–H groups in total. The van der Waals surface area contributed by atoms with Gasteiger partial charge >= 0.3 is 0 Å². The molecule has 1 aromatic carbocycles. The molecule has 0 bridgehead atoms. The lowest BCUT2D eigenvalue weighted by molar-refractivity contribution is -0.116. The largest absolute Gasteiger partial charge is 0.457 e. The first-order chi connectivity index (χ1) is 12.6. The summed E-state index contributed by atoms with van der Waals surface area (Å²) < 4.78 is 6.75. The lowest BCUT2D eigenvalue weighted by Crippen LogP contribution is -2.20. The number of pyridine rings is 1. The first kappa shape index (κ1) is 18.6. The van der Waals surface area contributed by atoms with Crippen molar-refractivity contribution in [1.29, 1.82) is 0 Å². The molecule has 0 saturated heterocycles. The third kappa shape index (κ3) is 5.14. The van der Waals surface area contributed by atoms with E-state index < -0.39 is 0 Å². The molecule has 3 aromatic rings. The van der Waals surface area contributed by atoms with Crippen LogP contribution in [0.4, 0.5) is 5.69 Å². The van der Waals surface area contributed by atoms with Gasteiger partial charge in [-0.2, -0.15) is 0 Å². The topological polar surface area (TPSA) is 77.2 Å². The number of anilines is 1. The Kier molecular flexibility index (Phi) is 6.38. The number of aromatic nitrogens is 1. The second kappa shape index (κ2) is 8.93. The van der Waals surface area contributed by atoms with Crippen LogP contribution in [0.3, 0.4) is 0 Å². The Labute approximate surface area is 164 Å². The molecule has 26 heavy (non-hydrogen) atoms. The van der Waals surface area contributed by atoms with E-state index in [9.17, 15) is 4.79 Å². The van der Waals surface area contributed by atoms with Gasteiger partial charge in [-0.3, -0.25) is 9.78 Å². The SMILES string of the molecule is NCC(CC(=O)Nc1ccc(Oc2ccncc2)cc1)c1ccc(Br)s1. The predicted molar refractivity (Wildman–Crippen MR) is 108 cm³/mol. The molecular weight excluding hydrogens is 414 g/mol. The number of rotatable bonds is 7. The molecule has 0 fully saturated rings. The summed E-state index contributed by atoms with van der Waals surface area (Å²) >= 11 is 5.05. The van der Waals surface area contributed by atoms with Gasteiger partial charge in [0.05, 0.1) is 3.79 Å². The molecule has 2 heterocycles. The average molecular weight is 432 g/mol. The Morgan fingerprint density at radius 1 is 1.12 bits per heavy atom. The average Bonchev–Trinajstić information content (AvgIpc) is 3.08. The lowest BCUT2D eigenvalue weighted by atomic mass is 10.0. The second-order valence-electron chi connectivity index (χ2n) is 5.64. The summed E-state index contributed by atoms with van der Waals surface area (Å²) in [7, 11) is 0. The molecule has 2 aromatic heterocycles. The van der Waals surface area contributed by atoms with E-state index in [0.717, 1.165) is 14.4 Å². The van der Waals surface area contributed by atoms with Crippen molar-refractivity contribution < 1.29 is 9.53 Å². The van der Waals surface area contributed by atoms with Crippen LogP contribution in [-0.2, 0) is 4.79 Å². The molecule has 1 unspecified atom stereocenters. The molecular formula is C19H18BrN3O2S. The zero-order chi connectivity index (χ0) is 18.4. The van der Waals surface area contributed by atoms with E-state index in [1.54, 1.807) is 35.9 Å². The van der Waals surface area contributed by atoms with Crippen LogP contribution in [-0.4, -0.2) is 17.4 Å². The fraction of sp³-hybridized carbons (Fsp3) is 0.158. The zero-order valence-corrected chi connectivity index (χ0v) is 16.3. The molecule has 0 radical (unpaired) electrons. The number of nitrogens with zero attached hydrogens (tertiary/aromatic N) is 1. The van der Waals surface area contributed by atoms with Crippen molar-refractivity contribution in [2.75, 3.05) is 11.9 Å². The van der Waals surface area contributed by atoms with Gasteiger partial charge < -0.3 is 15.8 Å². The van der Waals surface area contributed by atoms with E-state index in [4.69, 9.17) is 10.5 Å². The number of carbonyl (C=O) groups excluding carboxylic acids is 1. The predicted octanol–water partition coefficient (Wildman–Crippen LogP) is 4.77. The molecule has 134 valence electrons. The Morgan fingerprint density at radius 2 is 1.81 bits per heavy atom. The van der Waals surface area contributed by atoms with E-state index in [-0.39, 0.29) is 11.8 Å². The highest BCUT2D eigenvalue weighted by Crippen LogP contribution is 2.30. The first-order valence-electron chi connectivity index (χ1n) is 8.07. The zero-order valence-electron chi connectivity index (χ0n) is 13.9. The Balaban J connectivity index is 1.57. The van der Waals surface area contributed by atoms with Gasteiger partial charge in [-0.05, 0) is 64.5 Å². The Bertz CT molecular complexity index is 853. The molecule has 0 spiro atoms. The van der Waals surface area contributed by atoms with Crippen LogP contribution in [0, 0.1) is 0 Å². The first-order valence-corrected chi connectivity index (χ1v) is 9.68. The maximum atomic E-state index is 12.3. The van der Waals surface area contributed by atoms with Crippen LogP contribution in [0.5, 0.6) is 11.5 Å². The van der Waals surface area contributed by atoms with Gasteiger partial charge in [-0.25, -0.2) is 0 Å². The molecule has 3 rings (SSSR count). The van der Waals surface area contributed by atoms with Crippen molar-refractivity contribution in [2.24, 2.45) is 5.73 Å². The Hall–Kier alpha value is -2.22. The van der Waals surface area contributed by atoms with Crippen molar-refractivity contribution in [3.8, 4) is 11.5 Å². The van der Waals surface area contributed by atoms with E-state index in [2.05, 4.69) is 26.2 Å². The monoisotopic (exact) mass is 431 g/mol. The summed E-state index contributed by atoms with van der Waals surface area (Å²) in [6.07, 6.45) is 3.69. The smallest absolute Gasteiger partial charge is 0.225 e. The number of halogens is 1. The van der Waals surface area contributed by atoms with Crippen LogP contribution in [0.2, 0.25) is 0 Å². The summed E-state index contributed by atoms with van der Waals surface area (Å²) in [5, 5.41) is 2.91. The molecule has 1 amide bonds. The number of nitrogens with two attached hydrogens (primary N) is 1. The standard InChI is InChI=1S/C19H18BrN3O2S/c20-18-6-5-17(26-18)13(12-21)11-19(24)23-14-1-3-15(4-2-14)25-16-7-9-22-10-8-16/h1-10,13H,11-12,21H2,(H,23,24). The summed E-state index contributed by atoms with van der Waals surface area (Å²) in [5.74, 6) is 1.36. The molecule has 0 saturated carbocycles. The number of amides is 1. The highest BCUT2D eigenvalue weighted by Gasteiger charge is 2.16. The maximum absolute atomic E-state index is 12.3. The van der Waals surface area contributed by atoms with Crippen molar-refractivity contribution >= 4 is 38.9 Å². The fourth-order valence-electron chi connectivity index (χ4n) is 2.43. The van der Waals surface area contributed by atoms with Crippen molar-refractivity contribution in [2.45, 2.75) is 12.3 Å². The maximum Gasteiger partial charge on any atom is 0.225 e. The van der Waals surface area contributed by atoms with Crippen molar-refractivity contribution in [3.63, 3.8) is 0 Å². The number of benzene rings is 1. The van der Waals surface area contributed by atoms with Gasteiger partial charge in [-0.1, -0.05) is 0 Å². The minimum absolute atomic E-state index is 0.0144. The van der Waals surface area contributed by atoms with Gasteiger partial charge in [0.1, 0.15) is 11.5 Å². The number of carbonyl (C=O) groups is 1. The van der Waals surface area contributed by atoms with E-state index in [1.807, 2.05) is 36.4 Å². The van der Waals surface area contributed by atoms with E-state index in [0.29, 0.717) is 24.5 Å². The number of hydrogen-bond donors (Lipinski definition) is 2. The number of ether oxygens (including phenoxy) is 1. The lowest BCUT2D eigenvalue weighted by Gasteiger charge is -2.13. The number of nitrogens with one attached hydrogen (secondary N) is 1. The van der Waals surface area contributed by atoms with Gasteiger partial charge in [0.2, 0.25) is 5.91 Å². The molecule has 0 aliphatic carbocycles. The van der Waals surface area contributed by atoms with Crippen molar-refractivity contribution in [1.82, 2.24) is 4.98 Å². The van der Waals surface area contributed by atoms with Gasteiger partial charge in [0.25, 0.3) is 0 Å². The normalized spacial score (nSPS) is 11.8. The third-order valence-corrected chi connectivity index (χ3v) is 5.52. The molecule has 0 aliphatic rings. The fourth-order valence-corrected chi connectivity index (χ4v) is 3.97. The van der Waals surface area contributed by atoms with Gasteiger partial charge in [0.15, 0.2) is 0 Å². The summed E-state index contributed by atoms with van der Waals surface area (Å²) in [6, 6.07) is 14.8. The highest BCUT2D eigenvalue weighted by atomic mass is 79.9. The summed E-state index contributed by atoms with van der Waals surface area (Å²) in [5.41, 5.74) is 6.56. The summed E-state index contributed by atoms with van der Waals surface area (Å²) in [6.45, 7) is 0.430. The second-order valence-corrected chi connectivity index (χ2v) is 8.13. The van der Waals surface area contributed by atoms with Gasteiger partial charge in [-0.15, -0.1) is 11.3 Å². The number of thiophene rings is 1. The minimum atomic E-state index is -0.0622. The Morgan fingerprint density at radius 3 is 2.42 bits per heavy atom. The highest BCUT2D eigenvalue weighted by molar-refractivity contribution is 9.11. The van der Waals surface area contributed by atoms with E-state index in [1.165, 1.54) is 0 Å². The van der Waals surface area contributed by atoms with Crippen molar-refractivity contribution in [3.05, 3.63) is 69.6 Å². The molecule has 0 aliphatic heterocycles. The van der Waals surface area contributed by atoms with Crippen LogP contribution in [0.25, 0.3) is 0 Å². The quantitative estimate of drug-likeness (QED) is 0.564. The van der Waals surface area contributed by atoms with Crippen LogP contribution in [0.1, 0.15) is 17.2 Å². The van der Waals surface area contributed by atoms with Gasteiger partial charge in [0, 0.05) is 41.8 Å². The molecule has 7 heteroatoms. The minimum Gasteiger partial charge on any atom is -0.457 e. The van der Waals surface area contributed by atoms with Crippen LogP contribution >= 0.6 is 27.3 Å². The third-order valence-electron chi connectivity index (χ3n) is 3.74. The summed E-state index contributed by atoms with van der Waals surface area (Å²) in [4.78, 5) is 17.4. The van der Waals surface area contributed by atoms with E-state index >= 15 is 0 Å². The van der Waals surface area contributed by atoms with Crippen LogP contribution < -0.4 is 15.8 Å². The van der Waals surface area contributed by atoms with Crippen LogP contribution in [0.15, 0.2) is 64.7 Å².